The van der Waals surface area contributed by atoms with Crippen LogP contribution in [0.4, 0.5) is 0 Å². The van der Waals surface area contributed by atoms with Crippen molar-refractivity contribution in [3.63, 3.8) is 0 Å². The molecule has 0 aromatic carbocycles. The van der Waals surface area contributed by atoms with Crippen molar-refractivity contribution in [2.24, 2.45) is 11.8 Å². The largest absolute Gasteiger partial charge is 0.481 e. The quantitative estimate of drug-likeness (QED) is 0.683. The molecular weight excluding hydrogens is 180 g/mol. The van der Waals surface area contributed by atoms with Crippen LogP contribution in [0, 0.1) is 11.8 Å². The molecule has 4 heteroatoms. The molecule has 0 radical (unpaired) electrons. The zero-order chi connectivity index (χ0) is 9.30. The Hall–Kier alpha value is -0.570. The lowest BCUT2D eigenvalue weighted by Gasteiger charge is -2.38. The zero-order valence-electron chi connectivity index (χ0n) is 6.79. The highest BCUT2D eigenvalue weighted by atomic mass is 35.5. The Bertz CT molecular complexity index is 214. The van der Waals surface area contributed by atoms with E-state index in [0.717, 1.165) is 0 Å². The second-order valence-corrected chi connectivity index (χ2v) is 3.55. The van der Waals surface area contributed by atoms with Crippen LogP contribution >= 0.6 is 11.6 Å². The van der Waals surface area contributed by atoms with Crippen molar-refractivity contribution >= 4 is 23.4 Å². The van der Waals surface area contributed by atoms with Crippen LogP contribution in [-0.2, 0) is 9.59 Å². The molecule has 3 atom stereocenters. The van der Waals surface area contributed by atoms with E-state index in [1.165, 1.54) is 0 Å². The number of halogens is 1. The van der Waals surface area contributed by atoms with Crippen LogP contribution in [0.2, 0.25) is 0 Å². The number of carboxylic acids is 1. The number of carbonyl (C=O) groups is 2. The van der Waals surface area contributed by atoms with Gasteiger partial charge in [-0.3, -0.25) is 9.59 Å². The lowest BCUT2D eigenvalue weighted by molar-refractivity contribution is -0.143. The highest BCUT2D eigenvalue weighted by Crippen LogP contribution is 2.39. The maximum atomic E-state index is 11.1. The lowest BCUT2D eigenvalue weighted by Crippen LogP contribution is -2.49. The van der Waals surface area contributed by atoms with Crippen LogP contribution in [0.1, 0.15) is 19.8 Å². The molecule has 12 heavy (non-hydrogen) atoms. The second-order valence-electron chi connectivity index (χ2n) is 3.08. The van der Waals surface area contributed by atoms with E-state index in [-0.39, 0.29) is 24.0 Å². The van der Waals surface area contributed by atoms with E-state index >= 15 is 0 Å². The molecule has 1 fully saturated rings. The van der Waals surface area contributed by atoms with Crippen molar-refractivity contribution in [1.29, 1.82) is 0 Å². The van der Waals surface area contributed by atoms with E-state index in [4.69, 9.17) is 16.7 Å². The van der Waals surface area contributed by atoms with Gasteiger partial charge in [-0.15, -0.1) is 11.6 Å². The highest BCUT2D eigenvalue weighted by molar-refractivity contribution is 6.34. The Morgan fingerprint density at radius 2 is 2.25 bits per heavy atom. The third-order valence-electron chi connectivity index (χ3n) is 2.38. The van der Waals surface area contributed by atoms with E-state index in [9.17, 15) is 9.59 Å². The maximum Gasteiger partial charge on any atom is 0.303 e. The minimum atomic E-state index is -0.878. The summed E-state index contributed by atoms with van der Waals surface area (Å²) in [6.45, 7) is 1.88. The number of ketones is 1. The normalized spacial score (nSPS) is 34.5. The smallest absolute Gasteiger partial charge is 0.303 e. The molecule has 1 rings (SSSR count). The number of carbonyl (C=O) groups excluding carboxylic acids is 1. The average Bonchev–Trinajstić information content (AvgIpc) is 2.03. The van der Waals surface area contributed by atoms with Gasteiger partial charge in [-0.1, -0.05) is 6.92 Å². The van der Waals surface area contributed by atoms with E-state index < -0.39 is 11.3 Å². The van der Waals surface area contributed by atoms with Crippen LogP contribution in [0.3, 0.4) is 0 Å². The summed E-state index contributed by atoms with van der Waals surface area (Å²) in [6, 6.07) is 0. The maximum absolute atomic E-state index is 11.1. The third kappa shape index (κ3) is 1.46. The molecule has 1 saturated carbocycles. The molecule has 0 aliphatic heterocycles. The molecular formula is C8H11ClO3. The SMILES string of the molecule is CC[C@H]1C(=O)C(Cl)[C@@H]1CC(=O)O. The van der Waals surface area contributed by atoms with Crippen molar-refractivity contribution in [3.8, 4) is 0 Å². The van der Waals surface area contributed by atoms with Crippen LogP contribution in [0.15, 0.2) is 0 Å². The number of hydrogen-bond acceptors (Lipinski definition) is 2. The summed E-state index contributed by atoms with van der Waals surface area (Å²) in [4.78, 5) is 21.4. The molecule has 0 aromatic rings. The van der Waals surface area contributed by atoms with Gasteiger partial charge in [0.2, 0.25) is 0 Å². The summed E-state index contributed by atoms with van der Waals surface area (Å²) in [7, 11) is 0. The van der Waals surface area contributed by atoms with Gasteiger partial charge in [0.05, 0.1) is 11.8 Å². The van der Waals surface area contributed by atoms with Crippen molar-refractivity contribution in [2.75, 3.05) is 0 Å². The summed E-state index contributed by atoms with van der Waals surface area (Å²) in [5.74, 6) is -1.15. The van der Waals surface area contributed by atoms with Gasteiger partial charge in [0, 0.05) is 11.8 Å². The van der Waals surface area contributed by atoms with Gasteiger partial charge in [0.1, 0.15) is 0 Å². The number of alkyl halides is 1. The van der Waals surface area contributed by atoms with Crippen molar-refractivity contribution in [2.45, 2.75) is 25.1 Å². The lowest BCUT2D eigenvalue weighted by atomic mass is 9.69. The van der Waals surface area contributed by atoms with Gasteiger partial charge < -0.3 is 5.11 Å². The Morgan fingerprint density at radius 3 is 2.67 bits per heavy atom. The average molecular weight is 191 g/mol. The van der Waals surface area contributed by atoms with Crippen molar-refractivity contribution in [3.05, 3.63) is 0 Å². The molecule has 1 unspecified atom stereocenters. The molecule has 3 nitrogen and oxygen atoms in total. The Morgan fingerprint density at radius 1 is 1.67 bits per heavy atom. The Kier molecular flexibility index (Phi) is 2.73. The molecule has 1 aliphatic carbocycles. The topological polar surface area (TPSA) is 54.4 Å². The monoisotopic (exact) mass is 190 g/mol. The standard InChI is InChI=1S/C8H11ClO3/c1-2-4-5(3-6(10)11)7(9)8(4)12/h4-5,7H,2-3H2,1H3,(H,10,11)/t4-,5-,7?/m1/s1. The van der Waals surface area contributed by atoms with E-state index in [1.807, 2.05) is 6.92 Å². The van der Waals surface area contributed by atoms with Crippen LogP contribution in [0.5, 0.6) is 0 Å². The first-order valence-electron chi connectivity index (χ1n) is 3.97. The summed E-state index contributed by atoms with van der Waals surface area (Å²) >= 11 is 5.67. The summed E-state index contributed by atoms with van der Waals surface area (Å²) in [5, 5.41) is 7.93. The molecule has 1 aliphatic rings. The molecule has 0 heterocycles. The fraction of sp³-hybridized carbons (Fsp3) is 0.750. The number of hydrogen-bond donors (Lipinski definition) is 1. The van der Waals surface area contributed by atoms with Gasteiger partial charge >= 0.3 is 5.97 Å². The third-order valence-corrected chi connectivity index (χ3v) is 2.92. The number of carboxylic acid groups (broad SMARTS) is 1. The van der Waals surface area contributed by atoms with E-state index in [0.29, 0.717) is 6.42 Å². The van der Waals surface area contributed by atoms with Crippen molar-refractivity contribution in [1.82, 2.24) is 0 Å². The van der Waals surface area contributed by atoms with Crippen LogP contribution in [-0.4, -0.2) is 22.2 Å². The molecule has 68 valence electrons. The molecule has 1 N–H and O–H groups in total. The fourth-order valence-electron chi connectivity index (χ4n) is 1.66. The number of Topliss-reactive ketones (excluding diaryl/α,β-unsaturated/α-hetero) is 1. The van der Waals surface area contributed by atoms with Gasteiger partial charge in [-0.05, 0) is 6.42 Å². The minimum absolute atomic E-state index is 0.00502. The highest BCUT2D eigenvalue weighted by Gasteiger charge is 2.47. The second kappa shape index (κ2) is 3.44. The van der Waals surface area contributed by atoms with Gasteiger partial charge in [-0.2, -0.15) is 0 Å². The van der Waals surface area contributed by atoms with Crippen molar-refractivity contribution < 1.29 is 14.7 Å². The first kappa shape index (κ1) is 9.52. The first-order valence-corrected chi connectivity index (χ1v) is 4.41. The Balaban J connectivity index is 2.54. The van der Waals surface area contributed by atoms with E-state index in [1.54, 1.807) is 0 Å². The van der Waals surface area contributed by atoms with Gasteiger partial charge in [0.15, 0.2) is 5.78 Å². The molecule has 0 bridgehead atoms. The van der Waals surface area contributed by atoms with E-state index in [2.05, 4.69) is 0 Å². The number of aliphatic carboxylic acids is 1. The zero-order valence-corrected chi connectivity index (χ0v) is 7.54. The summed E-state index contributed by atoms with van der Waals surface area (Å²) < 4.78 is 0. The summed E-state index contributed by atoms with van der Waals surface area (Å²) in [5.41, 5.74) is 0. The predicted molar refractivity (Wildman–Crippen MR) is 44.2 cm³/mol. The first-order chi connectivity index (χ1) is 5.57. The van der Waals surface area contributed by atoms with Crippen LogP contribution < -0.4 is 0 Å². The van der Waals surface area contributed by atoms with Gasteiger partial charge in [0.25, 0.3) is 0 Å². The number of rotatable bonds is 3. The van der Waals surface area contributed by atoms with Gasteiger partial charge in [-0.25, -0.2) is 0 Å². The molecule has 0 amide bonds. The molecule has 0 aromatic heterocycles. The summed E-state index contributed by atoms with van der Waals surface area (Å²) in [6.07, 6.45) is 0.707. The minimum Gasteiger partial charge on any atom is -0.481 e. The predicted octanol–water partition coefficient (Wildman–Crippen LogP) is 1.29. The molecule has 0 saturated heterocycles. The van der Waals surface area contributed by atoms with Crippen LogP contribution in [0.25, 0.3) is 0 Å². The fourth-order valence-corrected chi connectivity index (χ4v) is 2.09. The Labute approximate surface area is 75.7 Å². The molecule has 0 spiro atoms.